The van der Waals surface area contributed by atoms with Crippen LogP contribution in [0.5, 0.6) is 0 Å². The van der Waals surface area contributed by atoms with Crippen LogP contribution in [-0.2, 0) is 12.8 Å². The monoisotopic (exact) mass is 364 g/mol. The fraction of sp³-hybridized carbons (Fsp3) is 0.143. The van der Waals surface area contributed by atoms with Gasteiger partial charge in [0.15, 0.2) is 0 Å². The molecule has 27 heavy (non-hydrogen) atoms. The van der Waals surface area contributed by atoms with Gasteiger partial charge >= 0.3 is 6.03 Å². The van der Waals surface area contributed by atoms with Gasteiger partial charge in [-0.2, -0.15) is 0 Å². The fourth-order valence-corrected chi connectivity index (χ4v) is 2.56. The summed E-state index contributed by atoms with van der Waals surface area (Å²) in [5, 5.41) is 5.37. The number of halogens is 1. The topological polar surface area (TPSA) is 69.8 Å². The van der Waals surface area contributed by atoms with E-state index in [4.69, 9.17) is 0 Å². The van der Waals surface area contributed by atoms with Gasteiger partial charge in [-0.25, -0.2) is 14.2 Å². The van der Waals surface area contributed by atoms with Gasteiger partial charge in [0.2, 0.25) is 0 Å². The average Bonchev–Trinajstić information content (AvgIpc) is 3.18. The Morgan fingerprint density at radius 1 is 1.04 bits per heavy atom. The van der Waals surface area contributed by atoms with Crippen molar-refractivity contribution in [1.29, 1.82) is 0 Å². The van der Waals surface area contributed by atoms with Crippen LogP contribution in [0.25, 0.3) is 0 Å². The maximum Gasteiger partial charge on any atom is 0.319 e. The summed E-state index contributed by atoms with van der Waals surface area (Å²) in [4.78, 5) is 18.9. The molecule has 0 aliphatic rings. The summed E-state index contributed by atoms with van der Waals surface area (Å²) in [5.41, 5.74) is 4.07. The minimum Gasteiger partial charge on any atom is -0.348 e. The highest BCUT2D eigenvalue weighted by Gasteiger charge is 2.00. The van der Waals surface area contributed by atoms with Gasteiger partial charge in [-0.1, -0.05) is 36.4 Å². The molecule has 6 heteroatoms. The number of benzene rings is 2. The Morgan fingerprint density at radius 3 is 2.48 bits per heavy atom. The molecule has 2 amide bonds. The average molecular weight is 364 g/mol. The van der Waals surface area contributed by atoms with Gasteiger partial charge in [0.1, 0.15) is 5.82 Å². The first-order valence-electron chi connectivity index (χ1n) is 8.69. The molecule has 3 N–H and O–H groups in total. The SMILES string of the molecule is O=C(NC/C=C/Cc1ccc(Cc2cnc[nH]2)cc1)Nc1ccc(F)cc1. The van der Waals surface area contributed by atoms with Crippen molar-refractivity contribution in [3.05, 3.63) is 95.8 Å². The van der Waals surface area contributed by atoms with Crippen LogP contribution in [0.15, 0.2) is 73.2 Å². The number of hydrogen-bond donors (Lipinski definition) is 3. The van der Waals surface area contributed by atoms with E-state index in [0.717, 1.165) is 18.5 Å². The van der Waals surface area contributed by atoms with Gasteiger partial charge in [0.05, 0.1) is 6.33 Å². The number of aromatic amines is 1. The number of nitrogens with zero attached hydrogens (tertiary/aromatic N) is 1. The molecule has 1 aromatic heterocycles. The van der Waals surface area contributed by atoms with Crippen molar-refractivity contribution in [2.75, 3.05) is 11.9 Å². The molecule has 0 spiro atoms. The normalized spacial score (nSPS) is 10.9. The molecule has 0 aliphatic carbocycles. The Labute approximate surface area is 157 Å². The molecule has 0 radical (unpaired) electrons. The standard InChI is InChI=1S/C21H21FN4O/c22-18-8-10-19(11-9-18)26-21(27)24-12-2-1-3-16-4-6-17(7-5-16)13-20-14-23-15-25-20/h1-2,4-11,14-15H,3,12-13H2,(H,23,25)(H2,24,26,27)/b2-1+. The van der Waals surface area contributed by atoms with E-state index in [1.54, 1.807) is 6.33 Å². The number of rotatable bonds is 7. The van der Waals surface area contributed by atoms with Crippen molar-refractivity contribution in [1.82, 2.24) is 15.3 Å². The Bertz CT molecular complexity index is 872. The van der Waals surface area contributed by atoms with Crippen molar-refractivity contribution in [2.24, 2.45) is 0 Å². The third-order valence-electron chi connectivity index (χ3n) is 3.98. The number of carbonyl (C=O) groups is 1. The van der Waals surface area contributed by atoms with Gasteiger partial charge < -0.3 is 15.6 Å². The predicted octanol–water partition coefficient (Wildman–Crippen LogP) is 4.06. The summed E-state index contributed by atoms with van der Waals surface area (Å²) >= 11 is 0. The highest BCUT2D eigenvalue weighted by atomic mass is 19.1. The zero-order chi connectivity index (χ0) is 18.9. The smallest absolute Gasteiger partial charge is 0.319 e. The molecule has 1 heterocycles. The van der Waals surface area contributed by atoms with Crippen molar-refractivity contribution < 1.29 is 9.18 Å². The molecule has 0 saturated heterocycles. The minimum atomic E-state index is -0.335. The summed E-state index contributed by atoms with van der Waals surface area (Å²) in [6, 6.07) is 13.7. The van der Waals surface area contributed by atoms with Crippen LogP contribution < -0.4 is 10.6 Å². The van der Waals surface area contributed by atoms with E-state index in [1.807, 2.05) is 18.3 Å². The molecule has 0 fully saturated rings. The lowest BCUT2D eigenvalue weighted by molar-refractivity contribution is 0.253. The highest BCUT2D eigenvalue weighted by molar-refractivity contribution is 5.89. The van der Waals surface area contributed by atoms with E-state index in [2.05, 4.69) is 44.9 Å². The van der Waals surface area contributed by atoms with Crippen LogP contribution >= 0.6 is 0 Å². The number of anilines is 1. The molecule has 0 atom stereocenters. The van der Waals surface area contributed by atoms with Gasteiger partial charge in [-0.15, -0.1) is 0 Å². The summed E-state index contributed by atoms with van der Waals surface area (Å²) in [5.74, 6) is -0.335. The molecule has 138 valence electrons. The lowest BCUT2D eigenvalue weighted by Crippen LogP contribution is -2.28. The molecule has 3 rings (SSSR count). The fourth-order valence-electron chi connectivity index (χ4n) is 2.56. The second kappa shape index (κ2) is 9.33. The van der Waals surface area contributed by atoms with Crippen molar-refractivity contribution in [2.45, 2.75) is 12.8 Å². The van der Waals surface area contributed by atoms with E-state index in [9.17, 15) is 9.18 Å². The number of hydrogen-bond acceptors (Lipinski definition) is 2. The molecule has 0 bridgehead atoms. The van der Waals surface area contributed by atoms with Crippen molar-refractivity contribution in [3.63, 3.8) is 0 Å². The summed E-state index contributed by atoms with van der Waals surface area (Å²) < 4.78 is 12.8. The lowest BCUT2D eigenvalue weighted by atomic mass is 10.1. The number of urea groups is 1. The maximum absolute atomic E-state index is 12.8. The number of carbonyl (C=O) groups excluding carboxylic acids is 1. The first-order valence-corrected chi connectivity index (χ1v) is 8.69. The van der Waals surface area contributed by atoms with Gasteiger partial charge in [0, 0.05) is 30.5 Å². The van der Waals surface area contributed by atoms with Crippen LogP contribution in [0.4, 0.5) is 14.9 Å². The van der Waals surface area contributed by atoms with E-state index >= 15 is 0 Å². The lowest BCUT2D eigenvalue weighted by Gasteiger charge is -2.05. The largest absolute Gasteiger partial charge is 0.348 e. The number of H-pyrrole nitrogens is 1. The number of amides is 2. The number of allylic oxidation sites excluding steroid dienone is 1. The maximum atomic E-state index is 12.8. The van der Waals surface area contributed by atoms with E-state index in [-0.39, 0.29) is 11.8 Å². The Hall–Kier alpha value is -3.41. The second-order valence-corrected chi connectivity index (χ2v) is 6.09. The molecule has 3 aromatic rings. The van der Waals surface area contributed by atoms with Gasteiger partial charge in [-0.05, 0) is 41.8 Å². The van der Waals surface area contributed by atoms with E-state index in [1.165, 1.54) is 35.4 Å². The molecule has 5 nitrogen and oxygen atoms in total. The first-order chi connectivity index (χ1) is 13.2. The Kier molecular flexibility index (Phi) is 6.35. The van der Waals surface area contributed by atoms with Crippen molar-refractivity contribution >= 4 is 11.7 Å². The zero-order valence-electron chi connectivity index (χ0n) is 14.8. The predicted molar refractivity (Wildman–Crippen MR) is 104 cm³/mol. The summed E-state index contributed by atoms with van der Waals surface area (Å²) in [6.45, 7) is 0.422. The molecule has 2 aromatic carbocycles. The third-order valence-corrected chi connectivity index (χ3v) is 3.98. The summed E-state index contributed by atoms with van der Waals surface area (Å²) in [7, 11) is 0. The Morgan fingerprint density at radius 2 is 1.78 bits per heavy atom. The van der Waals surface area contributed by atoms with Gasteiger partial charge in [0.25, 0.3) is 0 Å². The number of nitrogens with one attached hydrogen (secondary N) is 3. The molecule has 0 unspecified atom stereocenters. The van der Waals surface area contributed by atoms with E-state index in [0.29, 0.717) is 12.2 Å². The van der Waals surface area contributed by atoms with Crippen LogP contribution in [0.2, 0.25) is 0 Å². The highest BCUT2D eigenvalue weighted by Crippen LogP contribution is 2.10. The molecule has 0 aliphatic heterocycles. The molecular formula is C21H21FN4O. The summed E-state index contributed by atoms with van der Waals surface area (Å²) in [6.07, 6.45) is 9.07. The second-order valence-electron chi connectivity index (χ2n) is 6.09. The number of aromatic nitrogens is 2. The quantitative estimate of drug-likeness (QED) is 0.553. The van der Waals surface area contributed by atoms with Crippen LogP contribution in [0.3, 0.4) is 0 Å². The number of imidazole rings is 1. The molecule has 0 saturated carbocycles. The minimum absolute atomic E-state index is 0.325. The zero-order valence-corrected chi connectivity index (χ0v) is 14.8. The van der Waals surface area contributed by atoms with Crippen molar-refractivity contribution in [3.8, 4) is 0 Å². The van der Waals surface area contributed by atoms with Crippen LogP contribution in [0, 0.1) is 5.82 Å². The van der Waals surface area contributed by atoms with Gasteiger partial charge in [-0.3, -0.25) is 0 Å². The first kappa shape index (κ1) is 18.4. The van der Waals surface area contributed by atoms with E-state index < -0.39 is 0 Å². The Balaban J connectivity index is 1.37. The van der Waals surface area contributed by atoms with Crippen LogP contribution in [-0.4, -0.2) is 22.5 Å². The third kappa shape index (κ3) is 6.11. The molecular weight excluding hydrogens is 343 g/mol. The van der Waals surface area contributed by atoms with Crippen LogP contribution in [0.1, 0.15) is 16.8 Å².